The summed E-state index contributed by atoms with van der Waals surface area (Å²) in [6.45, 7) is 18.0. The van der Waals surface area contributed by atoms with Gasteiger partial charge in [-0.2, -0.15) is 0 Å². The van der Waals surface area contributed by atoms with Crippen LogP contribution in [0.25, 0.3) is 99.8 Å². The number of hydrogen-bond donors (Lipinski definition) is 0. The number of benzene rings is 10. The molecule has 0 fully saturated rings. The molecule has 0 amide bonds. The number of hydrogen-bond acceptors (Lipinski definition) is 2. The molecule has 0 spiro atoms. The highest BCUT2D eigenvalue weighted by Crippen LogP contribution is 2.44. The molecule has 0 unspecified atom stereocenters. The molecule has 4 aromatic heterocycles. The number of para-hydroxylation sites is 6. The lowest BCUT2D eigenvalue weighted by atomic mass is 9.78. The largest absolute Gasteiger partial charge is 0.458 e. The van der Waals surface area contributed by atoms with Crippen molar-refractivity contribution in [3.8, 4) is 56.6 Å². The molecule has 14 rings (SSSR count). The number of nitrogens with zero attached hydrogens (tertiary/aromatic N) is 5. The van der Waals surface area contributed by atoms with Crippen LogP contribution in [-0.2, 0) is 22.7 Å². The van der Waals surface area contributed by atoms with E-state index in [1.807, 2.05) is 85.1 Å². The fourth-order valence-corrected chi connectivity index (χ4v) is 12.1. The van der Waals surface area contributed by atoms with E-state index in [4.69, 9.17) is 15.2 Å². The summed E-state index contributed by atoms with van der Waals surface area (Å²) >= 11 is 0. The molecule has 6 nitrogen and oxygen atoms in total. The molecule has 10 aromatic carbocycles. The summed E-state index contributed by atoms with van der Waals surface area (Å²) in [5, 5.41) is 1.34. The maximum Gasteiger partial charge on any atom is 0.269 e. The van der Waals surface area contributed by atoms with E-state index in [1.165, 1.54) is 16.7 Å². The second-order valence-corrected chi connectivity index (χ2v) is 24.6. The molecule has 0 saturated heterocycles. The summed E-state index contributed by atoms with van der Waals surface area (Å²) in [6.07, 6.45) is 6.37. The first kappa shape index (κ1) is 43.9. The Kier molecular flexibility index (Phi) is 10.6. The van der Waals surface area contributed by atoms with Crippen molar-refractivity contribution in [3.63, 3.8) is 0 Å². The van der Waals surface area contributed by atoms with Crippen molar-refractivity contribution in [2.75, 3.05) is 0 Å². The van der Waals surface area contributed by atoms with Crippen LogP contribution in [0.5, 0.6) is 11.5 Å². The van der Waals surface area contributed by atoms with Crippen LogP contribution in [0.15, 0.2) is 249 Å². The summed E-state index contributed by atoms with van der Waals surface area (Å²) in [5.74, 6) is 1.41. The number of aromatic nitrogens is 5. The van der Waals surface area contributed by atoms with Crippen molar-refractivity contribution < 1.29 is 20.3 Å². The zero-order valence-corrected chi connectivity index (χ0v) is 48.4. The van der Waals surface area contributed by atoms with E-state index in [-0.39, 0.29) is 38.1 Å². The zero-order valence-electron chi connectivity index (χ0n) is 56.4. The Morgan fingerprint density at radius 2 is 1.11 bits per heavy atom. The normalized spacial score (nSPS) is 13.7. The molecule has 0 aliphatic rings. The lowest BCUT2D eigenvalue weighted by molar-refractivity contribution is -0.571. The summed E-state index contributed by atoms with van der Waals surface area (Å²) in [4.78, 5) is 5.06. The Balaban J connectivity index is 0.996. The molecule has 0 radical (unpaired) electrons. The third-order valence-electron chi connectivity index (χ3n) is 16.4. The maximum atomic E-state index is 9.61. The van der Waals surface area contributed by atoms with Crippen LogP contribution in [-0.4, -0.2) is 18.7 Å². The van der Waals surface area contributed by atoms with Crippen molar-refractivity contribution in [3.05, 3.63) is 277 Å². The van der Waals surface area contributed by atoms with Gasteiger partial charge in [0.1, 0.15) is 17.3 Å². The zero-order chi connectivity index (χ0) is 64.4. The molecule has 84 heavy (non-hydrogen) atoms. The van der Waals surface area contributed by atoms with Gasteiger partial charge in [0.25, 0.3) is 6.33 Å². The molecule has 0 aliphatic carbocycles. The molecule has 0 bridgehead atoms. The smallest absolute Gasteiger partial charge is 0.269 e. The lowest BCUT2D eigenvalue weighted by Gasteiger charge is -2.27. The SMILES string of the molecule is [2H]c1c([2H])c([2H])c2c(c1[2H])c1c([2H])c([2H])c([2H])c([2H])c1n2-c1cc(Oc2cccc(-n3[c-][n+](-c4c(-c5ccccc5)cccc4-c4cc(C(C)(C)C)cc(C(C)(C)C)c4)c4ccccc43)c2)cc2c1c1ccccc1n2-c1cc(CC(C)(C)c2ccccc2)ccn1. The van der Waals surface area contributed by atoms with E-state index in [2.05, 4.69) is 185 Å². The van der Waals surface area contributed by atoms with Gasteiger partial charge in [-0.1, -0.05) is 237 Å². The second-order valence-electron chi connectivity index (χ2n) is 24.6. The minimum Gasteiger partial charge on any atom is -0.458 e. The second kappa shape index (κ2) is 20.3. The summed E-state index contributed by atoms with van der Waals surface area (Å²) in [5.41, 5.74) is 13.8. The summed E-state index contributed by atoms with van der Waals surface area (Å²) < 4.78 is 88.9. The van der Waals surface area contributed by atoms with E-state index in [9.17, 15) is 5.48 Å². The van der Waals surface area contributed by atoms with Gasteiger partial charge in [-0.05, 0) is 116 Å². The minimum atomic E-state index is -0.520. The Morgan fingerprint density at radius 3 is 1.81 bits per heavy atom. The standard InChI is InChI=1S/C78H67N5O/c1-76(2,3)56-44-54(45-57(46-56)77(4,5)6)62-35-24-34-61(53-25-11-9-12-26-53)75(62)81-51-80(69-39-21-22-40-70(69)81)58-29-23-30-59(47-58)84-60-48-71(82-66-36-18-15-31-63(66)64-32-16-19-37-67(64)82)74-65-33-17-20-38-68(65)83(72(74)49-60)73-43-52(41-42-79-73)50-78(7,8)55-27-13-10-14-28-55/h9-49H,50H2,1-8H3/i15D,16D,18D,19D,31D,32D,36D,37D. The number of ether oxygens (including phenoxy) is 1. The fraction of sp³-hybridized carbons (Fsp3) is 0.154. The topological polar surface area (TPSA) is 40.8 Å². The van der Waals surface area contributed by atoms with Gasteiger partial charge in [0.15, 0.2) is 0 Å². The van der Waals surface area contributed by atoms with Crippen molar-refractivity contribution in [1.82, 2.24) is 18.7 Å². The van der Waals surface area contributed by atoms with Crippen LogP contribution in [0.1, 0.15) is 88.6 Å². The number of rotatable bonds is 11. The highest BCUT2D eigenvalue weighted by molar-refractivity contribution is 6.16. The van der Waals surface area contributed by atoms with Crippen molar-refractivity contribution in [1.29, 1.82) is 0 Å². The van der Waals surface area contributed by atoms with Gasteiger partial charge in [0.05, 0.1) is 61.1 Å². The van der Waals surface area contributed by atoms with Gasteiger partial charge >= 0.3 is 0 Å². The fourth-order valence-electron chi connectivity index (χ4n) is 12.1. The lowest BCUT2D eigenvalue weighted by Crippen LogP contribution is -2.31. The monoisotopic (exact) mass is 1100 g/mol. The predicted molar refractivity (Wildman–Crippen MR) is 348 cm³/mol. The van der Waals surface area contributed by atoms with Crippen LogP contribution < -0.4 is 9.30 Å². The first-order valence-electron chi connectivity index (χ1n) is 32.7. The van der Waals surface area contributed by atoms with Crippen LogP contribution in [0.2, 0.25) is 0 Å². The van der Waals surface area contributed by atoms with E-state index in [1.54, 1.807) is 10.6 Å². The number of pyridine rings is 1. The summed E-state index contributed by atoms with van der Waals surface area (Å²) in [6, 6.07) is 62.7. The average Bonchev–Trinajstić information content (AvgIpc) is 1.53. The molecular formula is C78H67N5O. The highest BCUT2D eigenvalue weighted by atomic mass is 16.5. The van der Waals surface area contributed by atoms with Crippen LogP contribution in [0.4, 0.5) is 0 Å². The van der Waals surface area contributed by atoms with Crippen molar-refractivity contribution in [2.45, 2.75) is 78.1 Å². The van der Waals surface area contributed by atoms with Gasteiger partial charge in [-0.3, -0.25) is 13.7 Å². The first-order chi connectivity index (χ1) is 44.0. The quantitative estimate of drug-likeness (QED) is 0.0957. The van der Waals surface area contributed by atoms with E-state index in [0.717, 1.165) is 61.1 Å². The van der Waals surface area contributed by atoms with Crippen LogP contribution in [0.3, 0.4) is 0 Å². The van der Waals surface area contributed by atoms with Crippen LogP contribution >= 0.6 is 0 Å². The molecule has 0 atom stereocenters. The maximum absolute atomic E-state index is 9.61. The Hall–Kier alpha value is -9.78. The summed E-state index contributed by atoms with van der Waals surface area (Å²) in [7, 11) is 0. The van der Waals surface area contributed by atoms with Crippen molar-refractivity contribution >= 4 is 54.6 Å². The van der Waals surface area contributed by atoms with E-state index < -0.39 is 48.3 Å². The predicted octanol–water partition coefficient (Wildman–Crippen LogP) is 19.5. The Labute approximate surface area is 503 Å². The van der Waals surface area contributed by atoms with Gasteiger partial charge < -0.3 is 9.30 Å². The number of imidazole rings is 1. The third kappa shape index (κ3) is 9.23. The molecule has 6 heteroatoms. The van der Waals surface area contributed by atoms with Crippen molar-refractivity contribution in [2.24, 2.45) is 0 Å². The first-order valence-corrected chi connectivity index (χ1v) is 28.7. The molecule has 4 heterocycles. The Morgan fingerprint density at radius 1 is 0.488 bits per heavy atom. The molecular weight excluding hydrogens is 1020 g/mol. The molecule has 410 valence electrons. The molecule has 14 aromatic rings. The minimum absolute atomic E-state index is 0.00424. The van der Waals surface area contributed by atoms with Gasteiger partial charge in [0, 0.05) is 39.9 Å². The average molecular weight is 1100 g/mol. The van der Waals surface area contributed by atoms with Crippen LogP contribution in [0, 0.1) is 6.33 Å². The van der Waals surface area contributed by atoms with E-state index in [0.29, 0.717) is 40.3 Å². The third-order valence-corrected chi connectivity index (χ3v) is 16.4. The van der Waals surface area contributed by atoms with E-state index >= 15 is 0 Å². The highest BCUT2D eigenvalue weighted by Gasteiger charge is 2.27. The van der Waals surface area contributed by atoms with Gasteiger partial charge in [-0.25, -0.2) is 4.98 Å². The van der Waals surface area contributed by atoms with Gasteiger partial charge in [-0.15, -0.1) is 0 Å². The molecule has 0 aliphatic heterocycles. The molecule has 0 saturated carbocycles. The van der Waals surface area contributed by atoms with Gasteiger partial charge in [0.2, 0.25) is 0 Å². The Bertz CT molecular complexity index is 5210. The molecule has 0 N–H and O–H groups in total. The number of fused-ring (bicyclic) bond motifs is 7.